The number of aromatic nitrogens is 2. The summed E-state index contributed by atoms with van der Waals surface area (Å²) in [6.07, 6.45) is 5.09. The van der Waals surface area contributed by atoms with Crippen LogP contribution in [-0.4, -0.2) is 21.8 Å². The Kier molecular flexibility index (Phi) is 3.32. The van der Waals surface area contributed by atoms with Crippen molar-refractivity contribution in [2.45, 2.75) is 18.0 Å². The molecule has 0 aliphatic heterocycles. The van der Waals surface area contributed by atoms with E-state index in [0.29, 0.717) is 0 Å². The second-order valence-electron chi connectivity index (χ2n) is 2.33. The van der Waals surface area contributed by atoms with E-state index in [9.17, 15) is 0 Å². The Labute approximate surface area is 70.4 Å². The lowest BCUT2D eigenvalue weighted by atomic mass is 10.4. The van der Waals surface area contributed by atoms with Gasteiger partial charge in [0.1, 0.15) is 5.03 Å². The summed E-state index contributed by atoms with van der Waals surface area (Å²) in [5.41, 5.74) is 5.57. The molecule has 0 radical (unpaired) electrons. The molecule has 1 heterocycles. The van der Waals surface area contributed by atoms with E-state index in [0.717, 1.165) is 10.8 Å². The van der Waals surface area contributed by atoms with Gasteiger partial charge in [-0.15, -0.1) is 11.8 Å². The van der Waals surface area contributed by atoms with E-state index < -0.39 is 0 Å². The van der Waals surface area contributed by atoms with E-state index >= 15 is 0 Å². The molecule has 0 spiro atoms. The van der Waals surface area contributed by atoms with Gasteiger partial charge in [-0.05, 0) is 6.92 Å². The molecule has 0 unspecified atom stereocenters. The Bertz CT molecular complexity index is 200. The van der Waals surface area contributed by atoms with Crippen molar-refractivity contribution in [2.75, 3.05) is 5.75 Å². The van der Waals surface area contributed by atoms with Crippen molar-refractivity contribution in [2.24, 2.45) is 5.73 Å². The number of thioether (sulfide) groups is 1. The monoisotopic (exact) mass is 169 g/mol. The Balaban J connectivity index is 2.39. The summed E-state index contributed by atoms with van der Waals surface area (Å²) < 4.78 is 0. The summed E-state index contributed by atoms with van der Waals surface area (Å²) in [4.78, 5) is 8.03. The van der Waals surface area contributed by atoms with Gasteiger partial charge in [-0.2, -0.15) is 0 Å². The molecule has 0 saturated carbocycles. The molecular formula is C7H11N3S. The molecule has 60 valence electrons. The highest BCUT2D eigenvalue weighted by Crippen LogP contribution is 2.12. The highest BCUT2D eigenvalue weighted by atomic mass is 32.2. The lowest BCUT2D eigenvalue weighted by Crippen LogP contribution is -2.17. The second-order valence-corrected chi connectivity index (χ2v) is 3.37. The molecule has 4 heteroatoms. The summed E-state index contributed by atoms with van der Waals surface area (Å²) >= 11 is 1.63. The zero-order valence-electron chi connectivity index (χ0n) is 6.40. The van der Waals surface area contributed by atoms with Crippen LogP contribution in [0.2, 0.25) is 0 Å². The summed E-state index contributed by atoms with van der Waals surface area (Å²) in [6, 6.07) is 0.210. The smallest absolute Gasteiger partial charge is 0.114 e. The van der Waals surface area contributed by atoms with Crippen LogP contribution < -0.4 is 5.73 Å². The highest BCUT2D eigenvalue weighted by Gasteiger charge is 1.96. The van der Waals surface area contributed by atoms with Crippen molar-refractivity contribution in [3.63, 3.8) is 0 Å². The molecule has 0 amide bonds. The zero-order valence-corrected chi connectivity index (χ0v) is 7.21. The van der Waals surface area contributed by atoms with E-state index in [1.54, 1.807) is 30.4 Å². The summed E-state index contributed by atoms with van der Waals surface area (Å²) in [7, 11) is 0. The van der Waals surface area contributed by atoms with Crippen LogP contribution in [0.4, 0.5) is 0 Å². The first kappa shape index (κ1) is 8.49. The van der Waals surface area contributed by atoms with Crippen LogP contribution >= 0.6 is 11.8 Å². The van der Waals surface area contributed by atoms with Crippen LogP contribution in [0.1, 0.15) is 6.92 Å². The van der Waals surface area contributed by atoms with Gasteiger partial charge in [0.05, 0.1) is 6.20 Å². The van der Waals surface area contributed by atoms with Crippen molar-refractivity contribution < 1.29 is 0 Å². The molecule has 1 aromatic rings. The Morgan fingerprint density at radius 2 is 2.45 bits per heavy atom. The number of nitrogens with zero attached hydrogens (tertiary/aromatic N) is 2. The molecule has 0 aliphatic carbocycles. The molecule has 11 heavy (non-hydrogen) atoms. The zero-order chi connectivity index (χ0) is 8.10. The van der Waals surface area contributed by atoms with Gasteiger partial charge in [-0.3, -0.25) is 4.98 Å². The van der Waals surface area contributed by atoms with Gasteiger partial charge in [0.2, 0.25) is 0 Å². The fourth-order valence-corrected chi connectivity index (χ4v) is 1.28. The van der Waals surface area contributed by atoms with Crippen molar-refractivity contribution in [1.82, 2.24) is 9.97 Å². The van der Waals surface area contributed by atoms with Gasteiger partial charge >= 0.3 is 0 Å². The van der Waals surface area contributed by atoms with Crippen molar-refractivity contribution in [1.29, 1.82) is 0 Å². The lowest BCUT2D eigenvalue weighted by molar-refractivity contribution is 0.845. The van der Waals surface area contributed by atoms with Gasteiger partial charge < -0.3 is 5.73 Å². The third kappa shape index (κ3) is 3.34. The third-order valence-electron chi connectivity index (χ3n) is 1.03. The molecule has 0 aromatic carbocycles. The maximum Gasteiger partial charge on any atom is 0.114 e. The first-order chi connectivity index (χ1) is 5.29. The molecule has 0 saturated heterocycles. The normalized spacial score (nSPS) is 12.9. The molecule has 1 aromatic heterocycles. The maximum atomic E-state index is 5.57. The predicted octanol–water partition coefficient (Wildman–Crippen LogP) is 0.916. The van der Waals surface area contributed by atoms with E-state index in [-0.39, 0.29) is 6.04 Å². The standard InChI is InChI=1S/C7H11N3S/c1-6(8)5-11-7-4-9-2-3-10-7/h2-4,6H,5,8H2,1H3/t6-/m0/s1. The van der Waals surface area contributed by atoms with Gasteiger partial charge in [0.25, 0.3) is 0 Å². The minimum absolute atomic E-state index is 0.210. The lowest BCUT2D eigenvalue weighted by Gasteiger charge is -2.01. The van der Waals surface area contributed by atoms with Crippen molar-refractivity contribution in [3.05, 3.63) is 18.6 Å². The molecule has 2 N–H and O–H groups in total. The van der Waals surface area contributed by atoms with E-state index in [4.69, 9.17) is 5.73 Å². The molecule has 3 nitrogen and oxygen atoms in total. The number of rotatable bonds is 3. The minimum Gasteiger partial charge on any atom is -0.327 e. The Morgan fingerprint density at radius 1 is 1.64 bits per heavy atom. The predicted molar refractivity (Wildman–Crippen MR) is 46.4 cm³/mol. The molecule has 0 fully saturated rings. The topological polar surface area (TPSA) is 51.8 Å². The summed E-state index contributed by atoms with van der Waals surface area (Å²) in [5, 5.41) is 0.935. The molecule has 1 atom stereocenters. The van der Waals surface area contributed by atoms with Crippen LogP contribution in [0.25, 0.3) is 0 Å². The third-order valence-corrected chi connectivity index (χ3v) is 2.23. The molecule has 0 aliphatic rings. The van der Waals surface area contributed by atoms with Gasteiger partial charge in [0.15, 0.2) is 0 Å². The first-order valence-corrected chi connectivity index (χ1v) is 4.42. The average molecular weight is 169 g/mol. The molecule has 1 rings (SSSR count). The average Bonchev–Trinajstić information content (AvgIpc) is 2.03. The quantitative estimate of drug-likeness (QED) is 0.683. The van der Waals surface area contributed by atoms with Gasteiger partial charge in [-0.25, -0.2) is 4.98 Å². The van der Waals surface area contributed by atoms with Crippen LogP contribution in [0.3, 0.4) is 0 Å². The largest absolute Gasteiger partial charge is 0.327 e. The fraction of sp³-hybridized carbons (Fsp3) is 0.429. The van der Waals surface area contributed by atoms with E-state index in [1.807, 2.05) is 6.92 Å². The van der Waals surface area contributed by atoms with Crippen molar-refractivity contribution in [3.8, 4) is 0 Å². The summed E-state index contributed by atoms with van der Waals surface area (Å²) in [6.45, 7) is 1.98. The fourth-order valence-electron chi connectivity index (χ4n) is 0.577. The van der Waals surface area contributed by atoms with Crippen molar-refractivity contribution >= 4 is 11.8 Å². The number of hydrogen-bond acceptors (Lipinski definition) is 4. The van der Waals surface area contributed by atoms with Crippen LogP contribution in [0.5, 0.6) is 0 Å². The van der Waals surface area contributed by atoms with Crippen LogP contribution in [0, 0.1) is 0 Å². The van der Waals surface area contributed by atoms with Gasteiger partial charge in [0, 0.05) is 24.2 Å². The summed E-state index contributed by atoms with van der Waals surface area (Å²) in [5.74, 6) is 0.888. The Morgan fingerprint density at radius 3 is 3.00 bits per heavy atom. The SMILES string of the molecule is C[C@H](N)CSc1cnccn1. The van der Waals surface area contributed by atoms with Gasteiger partial charge in [-0.1, -0.05) is 0 Å². The minimum atomic E-state index is 0.210. The maximum absolute atomic E-state index is 5.57. The van der Waals surface area contributed by atoms with Crippen LogP contribution in [0.15, 0.2) is 23.6 Å². The number of nitrogens with two attached hydrogens (primary N) is 1. The highest BCUT2D eigenvalue weighted by molar-refractivity contribution is 7.99. The van der Waals surface area contributed by atoms with E-state index in [2.05, 4.69) is 9.97 Å². The molecule has 0 bridgehead atoms. The molecular weight excluding hydrogens is 158 g/mol. The van der Waals surface area contributed by atoms with E-state index in [1.165, 1.54) is 0 Å². The number of hydrogen-bond donors (Lipinski definition) is 1. The second kappa shape index (κ2) is 4.31. The first-order valence-electron chi connectivity index (χ1n) is 3.43. The Hall–Kier alpha value is -0.610. The van der Waals surface area contributed by atoms with Crippen LogP contribution in [-0.2, 0) is 0 Å².